The van der Waals surface area contributed by atoms with Gasteiger partial charge in [0.05, 0.1) is 35.5 Å². The summed E-state index contributed by atoms with van der Waals surface area (Å²) in [6, 6.07) is 11.4. The molecule has 2 aliphatic rings. The van der Waals surface area contributed by atoms with E-state index in [1.165, 1.54) is 49.6 Å². The Morgan fingerprint density at radius 2 is 1.90 bits per heavy atom. The second-order valence-electron chi connectivity index (χ2n) is 11.7. The number of nitriles is 1. The predicted molar refractivity (Wildman–Crippen MR) is 157 cm³/mol. The Morgan fingerprint density at radius 1 is 1.17 bits per heavy atom. The molecule has 42 heavy (non-hydrogen) atoms. The van der Waals surface area contributed by atoms with Gasteiger partial charge in [0.15, 0.2) is 0 Å². The van der Waals surface area contributed by atoms with E-state index in [1.807, 2.05) is 26.8 Å². The van der Waals surface area contributed by atoms with Crippen LogP contribution < -0.4 is 20.7 Å². The lowest BCUT2D eigenvalue weighted by Crippen LogP contribution is -2.50. The van der Waals surface area contributed by atoms with Crippen LogP contribution in [-0.2, 0) is 15.0 Å². The summed E-state index contributed by atoms with van der Waals surface area (Å²) in [5, 5.41) is 18.0. The van der Waals surface area contributed by atoms with Crippen LogP contribution in [-0.4, -0.2) is 31.0 Å². The number of halogens is 4. The number of methoxy groups -OCH3 is 1. The average molecular weight is 613 g/mol. The Kier molecular flexibility index (Phi) is 7.69. The highest BCUT2D eigenvalue weighted by molar-refractivity contribution is 6.31. The largest absolute Gasteiger partial charge is 0.495 e. The van der Waals surface area contributed by atoms with Gasteiger partial charge in [0.2, 0.25) is 11.8 Å². The van der Waals surface area contributed by atoms with E-state index < -0.39 is 52.3 Å². The summed E-state index contributed by atoms with van der Waals surface area (Å²) in [5.74, 6) is -3.77. The zero-order valence-corrected chi connectivity index (χ0v) is 24.8. The number of nitrogens with zero attached hydrogens (tertiary/aromatic N) is 1. The number of amides is 2. The van der Waals surface area contributed by atoms with Crippen molar-refractivity contribution in [1.29, 1.82) is 5.26 Å². The molecule has 0 aromatic heterocycles. The lowest BCUT2D eigenvalue weighted by Gasteiger charge is -2.37. The maximum atomic E-state index is 16.0. The van der Waals surface area contributed by atoms with Gasteiger partial charge in [-0.15, -0.1) is 0 Å². The SMILES string of the molecule is COc1cc(C#N)ccc1NC(=O)[C@@H]1N[C@@H](CC(C)(C)C)[C@@]2(C(=O)Nc3cc(Cl)cc(F)c32)[C@H]1c1cccc(Cl)c1F. The first-order valence-electron chi connectivity index (χ1n) is 13.2. The van der Waals surface area contributed by atoms with Gasteiger partial charge in [-0.1, -0.05) is 56.1 Å². The summed E-state index contributed by atoms with van der Waals surface area (Å²) >= 11 is 12.4. The number of ether oxygens (including phenoxy) is 1. The smallest absolute Gasteiger partial charge is 0.242 e. The number of carbonyl (C=O) groups excluding carboxylic acids is 2. The quantitative estimate of drug-likeness (QED) is 0.303. The first-order chi connectivity index (χ1) is 19.8. The van der Waals surface area contributed by atoms with E-state index in [0.29, 0.717) is 12.0 Å². The minimum atomic E-state index is -1.75. The van der Waals surface area contributed by atoms with Crippen LogP contribution in [0.5, 0.6) is 5.75 Å². The molecular formula is C31H28Cl2F2N4O3. The number of benzene rings is 3. The van der Waals surface area contributed by atoms with Crippen LogP contribution in [0.2, 0.25) is 10.0 Å². The van der Waals surface area contributed by atoms with Crippen molar-refractivity contribution >= 4 is 46.4 Å². The third kappa shape index (κ3) is 4.87. The van der Waals surface area contributed by atoms with Crippen LogP contribution in [0, 0.1) is 28.4 Å². The molecule has 2 amide bonds. The molecular weight excluding hydrogens is 585 g/mol. The highest BCUT2D eigenvalue weighted by Gasteiger charge is 2.67. The summed E-state index contributed by atoms with van der Waals surface area (Å²) in [5.41, 5.74) is -1.41. The molecule has 0 unspecified atom stereocenters. The normalized spacial score (nSPS) is 22.9. The number of nitrogens with one attached hydrogen (secondary N) is 3. The van der Waals surface area contributed by atoms with E-state index in [9.17, 15) is 14.9 Å². The Morgan fingerprint density at radius 3 is 2.57 bits per heavy atom. The standard InChI is InChI=1S/C31H28Cl2F2N4O3/c1-30(2,3)13-23-31(25-19(34)11-16(32)12-21(25)38-29(31)41)24(17-6-5-7-18(33)26(17)35)27(39-23)28(40)37-20-9-8-15(14-36)10-22(20)42-4/h5-12,23-24,27,39H,13H2,1-4H3,(H,37,40)(H,38,41)/t23-,24-,27+,31+/m0/s1. The number of hydrogen-bond acceptors (Lipinski definition) is 5. The third-order valence-electron chi connectivity index (χ3n) is 7.85. The van der Waals surface area contributed by atoms with Gasteiger partial charge in [-0.3, -0.25) is 9.59 Å². The van der Waals surface area contributed by atoms with Crippen LogP contribution in [0.15, 0.2) is 48.5 Å². The van der Waals surface area contributed by atoms with Gasteiger partial charge in [-0.2, -0.15) is 5.26 Å². The van der Waals surface area contributed by atoms with E-state index in [1.54, 1.807) is 0 Å². The fraction of sp³-hybridized carbons (Fsp3) is 0.323. The lowest BCUT2D eigenvalue weighted by molar-refractivity contribution is -0.122. The zero-order chi connectivity index (χ0) is 30.6. The lowest BCUT2D eigenvalue weighted by atomic mass is 9.62. The second kappa shape index (κ2) is 10.8. The number of carbonyl (C=O) groups is 2. The first kappa shape index (κ1) is 29.8. The average Bonchev–Trinajstić information content (AvgIpc) is 3.39. The summed E-state index contributed by atoms with van der Waals surface area (Å²) < 4.78 is 37.3. The third-order valence-corrected chi connectivity index (χ3v) is 8.36. The Labute approximate surface area is 252 Å². The summed E-state index contributed by atoms with van der Waals surface area (Å²) in [6.45, 7) is 5.87. The van der Waals surface area contributed by atoms with Gasteiger partial charge < -0.3 is 20.7 Å². The second-order valence-corrected chi connectivity index (χ2v) is 12.6. The fourth-order valence-corrected chi connectivity index (χ4v) is 6.69. The summed E-state index contributed by atoms with van der Waals surface area (Å²) in [6.07, 6.45) is 0.324. The van der Waals surface area contributed by atoms with Crippen LogP contribution in [0.4, 0.5) is 20.2 Å². The van der Waals surface area contributed by atoms with Gasteiger partial charge in [0.25, 0.3) is 0 Å². The molecule has 0 bridgehead atoms. The Hall–Kier alpha value is -3.71. The first-order valence-corrected chi connectivity index (χ1v) is 14.0. The van der Waals surface area contributed by atoms with E-state index in [4.69, 9.17) is 27.9 Å². The van der Waals surface area contributed by atoms with Gasteiger partial charge in [-0.05, 0) is 47.7 Å². The fourth-order valence-electron chi connectivity index (χ4n) is 6.30. The maximum Gasteiger partial charge on any atom is 0.242 e. The van der Waals surface area contributed by atoms with Crippen molar-refractivity contribution in [2.45, 2.75) is 50.6 Å². The number of fused-ring (bicyclic) bond motifs is 2. The molecule has 2 heterocycles. The predicted octanol–water partition coefficient (Wildman–Crippen LogP) is 6.54. The summed E-state index contributed by atoms with van der Waals surface area (Å²) in [4.78, 5) is 28.3. The number of rotatable bonds is 5. The molecule has 3 aromatic carbocycles. The molecule has 218 valence electrons. The van der Waals surface area contributed by atoms with E-state index in [2.05, 4.69) is 16.0 Å². The minimum Gasteiger partial charge on any atom is -0.495 e. The molecule has 1 spiro atoms. The molecule has 7 nitrogen and oxygen atoms in total. The number of hydrogen-bond donors (Lipinski definition) is 3. The molecule has 4 atom stereocenters. The topological polar surface area (TPSA) is 103 Å². The highest BCUT2D eigenvalue weighted by Crippen LogP contribution is 2.58. The summed E-state index contributed by atoms with van der Waals surface area (Å²) in [7, 11) is 1.40. The van der Waals surface area contributed by atoms with Crippen molar-refractivity contribution in [3.63, 3.8) is 0 Å². The van der Waals surface area contributed by atoms with Crippen molar-refractivity contribution < 1.29 is 23.1 Å². The van der Waals surface area contributed by atoms with Crippen LogP contribution in [0.1, 0.15) is 49.8 Å². The van der Waals surface area contributed by atoms with E-state index in [0.717, 1.165) is 6.07 Å². The van der Waals surface area contributed by atoms with Crippen molar-refractivity contribution in [1.82, 2.24) is 5.32 Å². The Bertz CT molecular complexity index is 1650. The van der Waals surface area contributed by atoms with Crippen LogP contribution in [0.25, 0.3) is 0 Å². The monoisotopic (exact) mass is 612 g/mol. The van der Waals surface area contributed by atoms with Crippen molar-refractivity contribution in [2.75, 3.05) is 17.7 Å². The maximum absolute atomic E-state index is 16.0. The van der Waals surface area contributed by atoms with Crippen LogP contribution >= 0.6 is 23.2 Å². The number of anilines is 2. The molecule has 1 fully saturated rings. The van der Waals surface area contributed by atoms with Gasteiger partial charge in [-0.25, -0.2) is 8.78 Å². The molecule has 1 saturated heterocycles. The molecule has 0 saturated carbocycles. The molecule has 0 radical (unpaired) electrons. The zero-order valence-electron chi connectivity index (χ0n) is 23.2. The highest BCUT2D eigenvalue weighted by atomic mass is 35.5. The minimum absolute atomic E-state index is 0.00859. The molecule has 0 aliphatic carbocycles. The van der Waals surface area contributed by atoms with Gasteiger partial charge in [0, 0.05) is 34.3 Å². The molecule has 11 heteroatoms. The van der Waals surface area contributed by atoms with E-state index in [-0.39, 0.29) is 38.3 Å². The van der Waals surface area contributed by atoms with Crippen LogP contribution in [0.3, 0.4) is 0 Å². The van der Waals surface area contributed by atoms with Crippen molar-refractivity contribution in [3.05, 3.63) is 86.9 Å². The van der Waals surface area contributed by atoms with Crippen molar-refractivity contribution in [2.24, 2.45) is 5.41 Å². The molecule has 2 aliphatic heterocycles. The Balaban J connectivity index is 1.74. The van der Waals surface area contributed by atoms with E-state index >= 15 is 8.78 Å². The molecule has 3 N–H and O–H groups in total. The molecule has 3 aromatic rings. The van der Waals surface area contributed by atoms with Gasteiger partial charge >= 0.3 is 0 Å². The molecule has 5 rings (SSSR count). The van der Waals surface area contributed by atoms with Gasteiger partial charge in [0.1, 0.15) is 22.8 Å². The van der Waals surface area contributed by atoms with Crippen molar-refractivity contribution in [3.8, 4) is 11.8 Å².